The summed E-state index contributed by atoms with van der Waals surface area (Å²) in [5.41, 5.74) is 1.19. The summed E-state index contributed by atoms with van der Waals surface area (Å²) in [6.07, 6.45) is 9.76. The Labute approximate surface area is 81.9 Å². The highest BCUT2D eigenvalue weighted by molar-refractivity contribution is 5.10. The normalized spacial score (nSPS) is 28.7. The highest BCUT2D eigenvalue weighted by atomic mass is 16.3. The maximum absolute atomic E-state index is 10.1. The maximum Gasteiger partial charge on any atom is 0.0685 e. The molecule has 0 aromatic heterocycles. The molecule has 0 fully saturated rings. The van der Waals surface area contributed by atoms with E-state index in [1.165, 1.54) is 12.8 Å². The zero-order valence-electron chi connectivity index (χ0n) is 8.97. The van der Waals surface area contributed by atoms with Gasteiger partial charge in [0.25, 0.3) is 0 Å². The van der Waals surface area contributed by atoms with Gasteiger partial charge in [0.05, 0.1) is 5.60 Å². The van der Waals surface area contributed by atoms with Crippen LogP contribution in [0.25, 0.3) is 0 Å². The van der Waals surface area contributed by atoms with Gasteiger partial charge in [0.1, 0.15) is 0 Å². The third kappa shape index (κ3) is 3.15. The Morgan fingerprint density at radius 2 is 2.15 bits per heavy atom. The first-order valence-corrected chi connectivity index (χ1v) is 5.60. The summed E-state index contributed by atoms with van der Waals surface area (Å²) >= 11 is 0. The van der Waals surface area contributed by atoms with Gasteiger partial charge in [-0.15, -0.1) is 0 Å². The van der Waals surface area contributed by atoms with Gasteiger partial charge in [-0.25, -0.2) is 0 Å². The van der Waals surface area contributed by atoms with Gasteiger partial charge < -0.3 is 5.11 Å². The molecule has 0 saturated carbocycles. The minimum atomic E-state index is -0.369. The van der Waals surface area contributed by atoms with Crippen molar-refractivity contribution in [1.29, 1.82) is 0 Å². The second kappa shape index (κ2) is 4.80. The van der Waals surface area contributed by atoms with Crippen LogP contribution >= 0.6 is 0 Å². The van der Waals surface area contributed by atoms with E-state index in [0.717, 1.165) is 32.1 Å². The predicted molar refractivity (Wildman–Crippen MR) is 56.7 cm³/mol. The molecular formula is C12H22O. The van der Waals surface area contributed by atoms with E-state index in [2.05, 4.69) is 19.9 Å². The summed E-state index contributed by atoms with van der Waals surface area (Å²) in [5.74, 6) is 0. The molecule has 0 aromatic rings. The van der Waals surface area contributed by atoms with Crippen LogP contribution in [0, 0.1) is 0 Å². The quantitative estimate of drug-likeness (QED) is 0.660. The first-order valence-electron chi connectivity index (χ1n) is 5.60. The van der Waals surface area contributed by atoms with E-state index in [9.17, 15) is 5.11 Å². The Kier molecular flexibility index (Phi) is 3.98. The van der Waals surface area contributed by atoms with Crippen LogP contribution < -0.4 is 0 Å². The highest BCUT2D eigenvalue weighted by Crippen LogP contribution is 2.32. The largest absolute Gasteiger partial charge is 0.390 e. The second-order valence-corrected chi connectivity index (χ2v) is 4.29. The lowest BCUT2D eigenvalue weighted by Gasteiger charge is -2.31. The van der Waals surface area contributed by atoms with Crippen LogP contribution in [-0.2, 0) is 0 Å². The SMILES string of the molecule is CCCC1=CCC(O)(CCC)CC1. The van der Waals surface area contributed by atoms with Gasteiger partial charge in [-0.05, 0) is 32.1 Å². The van der Waals surface area contributed by atoms with E-state index in [-0.39, 0.29) is 5.60 Å². The summed E-state index contributed by atoms with van der Waals surface area (Å²) in [5, 5.41) is 10.1. The van der Waals surface area contributed by atoms with Gasteiger partial charge in [0.15, 0.2) is 0 Å². The van der Waals surface area contributed by atoms with Crippen molar-refractivity contribution in [1.82, 2.24) is 0 Å². The number of hydrogen-bond acceptors (Lipinski definition) is 1. The van der Waals surface area contributed by atoms with Crippen molar-refractivity contribution in [3.63, 3.8) is 0 Å². The van der Waals surface area contributed by atoms with Gasteiger partial charge in [0.2, 0.25) is 0 Å². The predicted octanol–water partition coefficient (Wildman–Crippen LogP) is 3.43. The van der Waals surface area contributed by atoms with Crippen LogP contribution in [0.1, 0.15) is 58.8 Å². The van der Waals surface area contributed by atoms with E-state index in [0.29, 0.717) is 0 Å². The van der Waals surface area contributed by atoms with Gasteiger partial charge in [-0.1, -0.05) is 38.3 Å². The Morgan fingerprint density at radius 1 is 1.38 bits per heavy atom. The molecule has 1 nitrogen and oxygen atoms in total. The monoisotopic (exact) mass is 182 g/mol. The number of aliphatic hydroxyl groups is 1. The van der Waals surface area contributed by atoms with Crippen LogP contribution in [0.15, 0.2) is 11.6 Å². The van der Waals surface area contributed by atoms with E-state index in [4.69, 9.17) is 0 Å². The maximum atomic E-state index is 10.1. The molecule has 0 heterocycles. The molecule has 1 heteroatoms. The lowest BCUT2D eigenvalue weighted by atomic mass is 9.81. The lowest BCUT2D eigenvalue weighted by molar-refractivity contribution is 0.0203. The van der Waals surface area contributed by atoms with Gasteiger partial charge in [-0.2, -0.15) is 0 Å². The number of allylic oxidation sites excluding steroid dienone is 1. The fraction of sp³-hybridized carbons (Fsp3) is 0.833. The molecule has 1 aliphatic carbocycles. The van der Waals surface area contributed by atoms with Gasteiger partial charge in [0, 0.05) is 0 Å². The molecule has 1 N–H and O–H groups in total. The summed E-state index contributed by atoms with van der Waals surface area (Å²) in [6, 6.07) is 0. The minimum absolute atomic E-state index is 0.369. The third-order valence-corrected chi connectivity index (χ3v) is 2.97. The van der Waals surface area contributed by atoms with E-state index < -0.39 is 0 Å². The Balaban J connectivity index is 2.44. The van der Waals surface area contributed by atoms with Crippen LogP contribution in [0.2, 0.25) is 0 Å². The van der Waals surface area contributed by atoms with Crippen molar-refractivity contribution in [2.45, 2.75) is 64.4 Å². The molecule has 1 rings (SSSR count). The lowest BCUT2D eigenvalue weighted by Crippen LogP contribution is -2.30. The third-order valence-electron chi connectivity index (χ3n) is 2.97. The van der Waals surface area contributed by atoms with Crippen LogP contribution in [0.3, 0.4) is 0 Å². The molecule has 0 aromatic carbocycles. The second-order valence-electron chi connectivity index (χ2n) is 4.29. The molecule has 1 unspecified atom stereocenters. The molecule has 0 bridgehead atoms. The smallest absolute Gasteiger partial charge is 0.0685 e. The van der Waals surface area contributed by atoms with Crippen LogP contribution in [0.5, 0.6) is 0 Å². The first kappa shape index (κ1) is 10.8. The molecule has 0 radical (unpaired) electrons. The molecule has 0 amide bonds. The molecular weight excluding hydrogens is 160 g/mol. The fourth-order valence-electron chi connectivity index (χ4n) is 2.17. The molecule has 0 spiro atoms. The van der Waals surface area contributed by atoms with Crippen molar-refractivity contribution in [3.05, 3.63) is 11.6 Å². The van der Waals surface area contributed by atoms with Gasteiger partial charge in [-0.3, -0.25) is 0 Å². The Bertz CT molecular complexity index is 184. The zero-order chi connectivity index (χ0) is 9.73. The average molecular weight is 182 g/mol. The first-order chi connectivity index (χ1) is 6.20. The van der Waals surface area contributed by atoms with Crippen LogP contribution in [-0.4, -0.2) is 10.7 Å². The fourth-order valence-corrected chi connectivity index (χ4v) is 2.17. The van der Waals surface area contributed by atoms with Crippen molar-refractivity contribution in [2.24, 2.45) is 0 Å². The van der Waals surface area contributed by atoms with Crippen molar-refractivity contribution >= 4 is 0 Å². The summed E-state index contributed by atoms with van der Waals surface area (Å²) in [6.45, 7) is 4.36. The van der Waals surface area contributed by atoms with Crippen molar-refractivity contribution < 1.29 is 5.11 Å². The van der Waals surface area contributed by atoms with E-state index in [1.54, 1.807) is 5.57 Å². The molecule has 13 heavy (non-hydrogen) atoms. The van der Waals surface area contributed by atoms with Crippen molar-refractivity contribution in [3.8, 4) is 0 Å². The highest BCUT2D eigenvalue weighted by Gasteiger charge is 2.27. The molecule has 0 saturated heterocycles. The average Bonchev–Trinajstić information content (AvgIpc) is 2.10. The number of hydrogen-bond donors (Lipinski definition) is 1. The Morgan fingerprint density at radius 3 is 2.62 bits per heavy atom. The van der Waals surface area contributed by atoms with E-state index in [1.807, 2.05) is 0 Å². The van der Waals surface area contributed by atoms with Crippen molar-refractivity contribution in [2.75, 3.05) is 0 Å². The summed E-state index contributed by atoms with van der Waals surface area (Å²) < 4.78 is 0. The summed E-state index contributed by atoms with van der Waals surface area (Å²) in [7, 11) is 0. The molecule has 76 valence electrons. The number of rotatable bonds is 4. The van der Waals surface area contributed by atoms with Crippen LogP contribution in [0.4, 0.5) is 0 Å². The molecule has 0 aliphatic heterocycles. The zero-order valence-corrected chi connectivity index (χ0v) is 8.97. The van der Waals surface area contributed by atoms with Gasteiger partial charge >= 0.3 is 0 Å². The standard InChI is InChI=1S/C12H22O/c1-3-5-11-6-9-12(13,8-4-2)10-7-11/h6,13H,3-5,7-10H2,1-2H3. The molecule has 1 atom stereocenters. The topological polar surface area (TPSA) is 20.2 Å². The molecule has 1 aliphatic rings. The summed E-state index contributed by atoms with van der Waals surface area (Å²) in [4.78, 5) is 0. The van der Waals surface area contributed by atoms with E-state index >= 15 is 0 Å². The minimum Gasteiger partial charge on any atom is -0.390 e. The Hall–Kier alpha value is -0.300.